The largest absolute Gasteiger partial charge is 0.350 e. The number of hydrogen-bond donors (Lipinski definition) is 3. The van der Waals surface area contributed by atoms with Crippen LogP contribution in [0, 0.1) is 0 Å². The number of carbonyl (C=O) groups excluding carboxylic acids is 2. The van der Waals surface area contributed by atoms with E-state index in [2.05, 4.69) is 15.5 Å². The van der Waals surface area contributed by atoms with Gasteiger partial charge in [0.15, 0.2) is 0 Å². The van der Waals surface area contributed by atoms with Crippen molar-refractivity contribution in [3.63, 3.8) is 0 Å². The van der Waals surface area contributed by atoms with Crippen LogP contribution in [0.3, 0.4) is 0 Å². The van der Waals surface area contributed by atoms with Crippen molar-refractivity contribution < 1.29 is 22.8 Å². The van der Waals surface area contributed by atoms with E-state index < -0.39 is 15.9 Å². The van der Waals surface area contributed by atoms with Crippen molar-refractivity contribution in [2.24, 2.45) is 0 Å². The summed E-state index contributed by atoms with van der Waals surface area (Å²) in [5.74, 6) is -0.735. The van der Waals surface area contributed by atoms with E-state index in [1.54, 1.807) is 24.3 Å². The van der Waals surface area contributed by atoms with Crippen LogP contribution in [-0.2, 0) is 14.9 Å². The predicted octanol–water partition coefficient (Wildman–Crippen LogP) is 1.34. The van der Waals surface area contributed by atoms with Crippen LogP contribution in [0.4, 0.5) is 0 Å². The molecule has 10 heteroatoms. The van der Waals surface area contributed by atoms with Crippen molar-refractivity contribution in [2.45, 2.75) is 4.90 Å². The van der Waals surface area contributed by atoms with E-state index >= 15 is 0 Å². The van der Waals surface area contributed by atoms with Crippen LogP contribution in [-0.4, -0.2) is 40.4 Å². The zero-order chi connectivity index (χ0) is 19.9. The van der Waals surface area contributed by atoms with E-state index in [4.69, 9.17) is 11.6 Å². The van der Waals surface area contributed by atoms with Crippen molar-refractivity contribution in [3.05, 3.63) is 64.7 Å². The van der Waals surface area contributed by atoms with Crippen molar-refractivity contribution in [3.8, 4) is 0 Å². The minimum absolute atomic E-state index is 0.0343. The number of sulfonamides is 1. The maximum absolute atomic E-state index is 12.1. The molecule has 2 rings (SSSR count). The number of rotatable bonds is 8. The van der Waals surface area contributed by atoms with Gasteiger partial charge in [-0.1, -0.05) is 28.6 Å². The summed E-state index contributed by atoms with van der Waals surface area (Å²) in [4.78, 5) is 30.3. The number of hydrogen-bond acceptors (Lipinski definition) is 5. The molecule has 0 fully saturated rings. The SMILES string of the molecule is CONS(=O)(=O)c1ccc(C(=O)NCCNC(=O)c2ccccc2Cl)cc1. The second-order valence-electron chi connectivity index (χ2n) is 5.31. The first kappa shape index (κ1) is 20.8. The average molecular weight is 412 g/mol. The maximum atomic E-state index is 12.1. The Kier molecular flexibility index (Phi) is 7.31. The van der Waals surface area contributed by atoms with Gasteiger partial charge in [0.2, 0.25) is 0 Å². The minimum atomic E-state index is -3.78. The molecule has 0 spiro atoms. The predicted molar refractivity (Wildman–Crippen MR) is 99.9 cm³/mol. The molecule has 0 heterocycles. The topological polar surface area (TPSA) is 114 Å². The molecule has 2 amide bonds. The Labute approximate surface area is 161 Å². The molecule has 2 aromatic rings. The fourth-order valence-corrected chi connectivity index (χ4v) is 3.17. The van der Waals surface area contributed by atoms with Gasteiger partial charge in [-0.3, -0.25) is 14.4 Å². The number of nitrogens with one attached hydrogen (secondary N) is 3. The van der Waals surface area contributed by atoms with Gasteiger partial charge in [-0.25, -0.2) is 8.42 Å². The Hall–Kier alpha value is -2.46. The maximum Gasteiger partial charge on any atom is 0.262 e. The van der Waals surface area contributed by atoms with E-state index in [9.17, 15) is 18.0 Å². The molecule has 144 valence electrons. The van der Waals surface area contributed by atoms with Crippen molar-refractivity contribution in [1.29, 1.82) is 0 Å². The van der Waals surface area contributed by atoms with Gasteiger partial charge in [-0.2, -0.15) is 0 Å². The molecule has 0 aliphatic carbocycles. The monoisotopic (exact) mass is 411 g/mol. The van der Waals surface area contributed by atoms with Gasteiger partial charge in [-0.05, 0) is 36.4 Å². The van der Waals surface area contributed by atoms with Gasteiger partial charge in [0.1, 0.15) is 0 Å². The molecular weight excluding hydrogens is 394 g/mol. The first-order chi connectivity index (χ1) is 12.8. The fourth-order valence-electron chi connectivity index (χ4n) is 2.14. The third kappa shape index (κ3) is 5.76. The Bertz CT molecular complexity index is 916. The third-order valence-electron chi connectivity index (χ3n) is 3.43. The number of benzene rings is 2. The lowest BCUT2D eigenvalue weighted by Gasteiger charge is -2.09. The molecule has 0 unspecified atom stereocenters. The molecule has 0 atom stereocenters. The molecule has 2 aromatic carbocycles. The molecule has 0 aliphatic heterocycles. The Morgan fingerprint density at radius 2 is 1.56 bits per heavy atom. The Balaban J connectivity index is 1.84. The number of halogens is 1. The summed E-state index contributed by atoms with van der Waals surface area (Å²) in [6, 6.07) is 12.0. The summed E-state index contributed by atoms with van der Waals surface area (Å²) in [6.07, 6.45) is 0. The van der Waals surface area contributed by atoms with Crippen LogP contribution in [0.15, 0.2) is 53.4 Å². The molecule has 3 N–H and O–H groups in total. The lowest BCUT2D eigenvalue weighted by Crippen LogP contribution is -2.34. The molecule has 0 saturated carbocycles. The number of carbonyl (C=O) groups is 2. The van der Waals surface area contributed by atoms with E-state index in [0.29, 0.717) is 10.6 Å². The van der Waals surface area contributed by atoms with Gasteiger partial charge in [0, 0.05) is 18.7 Å². The smallest absolute Gasteiger partial charge is 0.262 e. The van der Waals surface area contributed by atoms with Gasteiger partial charge in [0.05, 0.1) is 22.6 Å². The second-order valence-corrected chi connectivity index (χ2v) is 7.36. The molecular formula is C17H18ClN3O5S. The highest BCUT2D eigenvalue weighted by atomic mass is 35.5. The summed E-state index contributed by atoms with van der Waals surface area (Å²) in [5.41, 5.74) is 0.635. The fraction of sp³-hybridized carbons (Fsp3) is 0.176. The van der Waals surface area contributed by atoms with Crippen LogP contribution < -0.4 is 15.5 Å². The first-order valence-corrected chi connectivity index (χ1v) is 9.67. The van der Waals surface area contributed by atoms with E-state index in [0.717, 1.165) is 0 Å². The quantitative estimate of drug-likeness (QED) is 0.448. The van der Waals surface area contributed by atoms with E-state index in [1.165, 1.54) is 31.4 Å². The zero-order valence-corrected chi connectivity index (χ0v) is 15.9. The summed E-state index contributed by atoms with van der Waals surface area (Å²) in [7, 11) is -2.59. The van der Waals surface area contributed by atoms with Crippen molar-refractivity contribution >= 4 is 33.4 Å². The minimum Gasteiger partial charge on any atom is -0.350 e. The molecule has 0 radical (unpaired) electrons. The molecule has 8 nitrogen and oxygen atoms in total. The Morgan fingerprint density at radius 3 is 2.15 bits per heavy atom. The molecule has 27 heavy (non-hydrogen) atoms. The van der Waals surface area contributed by atoms with Crippen LogP contribution in [0.1, 0.15) is 20.7 Å². The molecule has 0 aromatic heterocycles. The van der Waals surface area contributed by atoms with Crippen LogP contribution >= 0.6 is 11.6 Å². The molecule has 0 aliphatic rings. The lowest BCUT2D eigenvalue weighted by atomic mass is 10.2. The van der Waals surface area contributed by atoms with Crippen LogP contribution in [0.25, 0.3) is 0 Å². The van der Waals surface area contributed by atoms with Gasteiger partial charge in [0.25, 0.3) is 21.8 Å². The van der Waals surface area contributed by atoms with E-state index in [1.807, 2.05) is 4.89 Å². The highest BCUT2D eigenvalue weighted by Gasteiger charge is 2.14. The van der Waals surface area contributed by atoms with Gasteiger partial charge >= 0.3 is 0 Å². The third-order valence-corrected chi connectivity index (χ3v) is 5.04. The van der Waals surface area contributed by atoms with Crippen molar-refractivity contribution in [1.82, 2.24) is 15.5 Å². The second kappa shape index (κ2) is 9.47. The van der Waals surface area contributed by atoms with Crippen LogP contribution in [0.5, 0.6) is 0 Å². The van der Waals surface area contributed by atoms with Crippen LogP contribution in [0.2, 0.25) is 5.02 Å². The van der Waals surface area contributed by atoms with Crippen molar-refractivity contribution in [2.75, 3.05) is 20.2 Å². The van der Waals surface area contributed by atoms with Gasteiger partial charge in [-0.15, -0.1) is 0 Å². The summed E-state index contributed by atoms with van der Waals surface area (Å²) < 4.78 is 23.5. The highest BCUT2D eigenvalue weighted by Crippen LogP contribution is 2.14. The Morgan fingerprint density at radius 1 is 0.963 bits per heavy atom. The molecule has 0 saturated heterocycles. The average Bonchev–Trinajstić information content (AvgIpc) is 2.65. The lowest BCUT2D eigenvalue weighted by molar-refractivity contribution is 0.0927. The van der Waals surface area contributed by atoms with Gasteiger partial charge < -0.3 is 10.6 Å². The molecule has 0 bridgehead atoms. The normalized spacial score (nSPS) is 11.0. The summed E-state index contributed by atoms with van der Waals surface area (Å²) in [6.45, 7) is 0.403. The first-order valence-electron chi connectivity index (χ1n) is 7.81. The summed E-state index contributed by atoms with van der Waals surface area (Å²) >= 11 is 5.94. The standard InChI is InChI=1S/C17H18ClN3O5S/c1-26-21-27(24,25)13-8-6-12(7-9-13)16(22)19-10-11-20-17(23)14-4-2-3-5-15(14)18/h2-9,21H,10-11H2,1H3,(H,19,22)(H,20,23). The number of amides is 2. The highest BCUT2D eigenvalue weighted by molar-refractivity contribution is 7.89. The van der Waals surface area contributed by atoms with E-state index in [-0.39, 0.29) is 29.5 Å². The summed E-state index contributed by atoms with van der Waals surface area (Å²) in [5, 5.41) is 5.62. The zero-order valence-electron chi connectivity index (χ0n) is 14.4.